The lowest BCUT2D eigenvalue weighted by atomic mass is 10.2. The highest BCUT2D eigenvalue weighted by Gasteiger charge is 2.18. The van der Waals surface area contributed by atoms with Gasteiger partial charge in [-0.05, 0) is 18.2 Å². The number of ether oxygens (including phenoxy) is 2. The third-order valence-electron chi connectivity index (χ3n) is 4.08. The number of amides is 1. The molecule has 1 N–H and O–H groups in total. The average molecular weight is 340 g/mol. The molecule has 0 bridgehead atoms. The maximum atomic E-state index is 12.5. The second kappa shape index (κ2) is 7.21. The Bertz CT molecular complexity index is 890. The number of methoxy groups -OCH3 is 2. The van der Waals surface area contributed by atoms with Gasteiger partial charge in [0.25, 0.3) is 5.91 Å². The molecule has 2 heterocycles. The normalized spacial score (nSPS) is 10.7. The highest BCUT2D eigenvalue weighted by atomic mass is 16.5. The average Bonchev–Trinajstić information content (AvgIpc) is 2.98. The summed E-state index contributed by atoms with van der Waals surface area (Å²) < 4.78 is 12.6. The Balaban J connectivity index is 1.80. The Morgan fingerprint density at radius 2 is 2.08 bits per heavy atom. The van der Waals surface area contributed by atoms with Gasteiger partial charge in [-0.2, -0.15) is 0 Å². The van der Waals surface area contributed by atoms with E-state index < -0.39 is 0 Å². The lowest BCUT2D eigenvalue weighted by Gasteiger charge is -2.09. The number of hydrogen-bond donors (Lipinski definition) is 1. The molecule has 0 saturated heterocycles. The molecule has 0 atom stereocenters. The van der Waals surface area contributed by atoms with E-state index >= 15 is 0 Å². The van der Waals surface area contributed by atoms with E-state index in [4.69, 9.17) is 9.47 Å². The molecule has 0 aliphatic carbocycles. The fourth-order valence-corrected chi connectivity index (χ4v) is 2.81. The first kappa shape index (κ1) is 16.8. The van der Waals surface area contributed by atoms with Crippen molar-refractivity contribution in [2.24, 2.45) is 7.05 Å². The van der Waals surface area contributed by atoms with E-state index in [-0.39, 0.29) is 5.91 Å². The van der Waals surface area contributed by atoms with E-state index in [1.54, 1.807) is 32.8 Å². The molecule has 130 valence electrons. The first-order valence-corrected chi connectivity index (χ1v) is 7.89. The molecule has 1 amide bonds. The molecule has 1 aromatic carbocycles. The highest BCUT2D eigenvalue weighted by molar-refractivity contribution is 6.01. The van der Waals surface area contributed by atoms with E-state index in [0.717, 1.165) is 16.6 Å². The van der Waals surface area contributed by atoms with Gasteiger partial charge in [-0.3, -0.25) is 14.8 Å². The Morgan fingerprint density at radius 1 is 1.24 bits per heavy atom. The summed E-state index contributed by atoms with van der Waals surface area (Å²) in [6.45, 7) is 0.486. The Kier molecular flexibility index (Phi) is 4.83. The van der Waals surface area contributed by atoms with E-state index in [1.807, 2.05) is 29.8 Å². The largest absolute Gasteiger partial charge is 0.493 e. The molecule has 7 nitrogen and oxygen atoms in total. The Hall–Kier alpha value is -3.09. The van der Waals surface area contributed by atoms with Crippen LogP contribution in [0.15, 0.2) is 36.8 Å². The molecule has 0 unspecified atom stereocenters. The van der Waals surface area contributed by atoms with Gasteiger partial charge < -0.3 is 19.4 Å². The molecule has 2 aromatic heterocycles. The van der Waals surface area contributed by atoms with Crippen LogP contribution in [0.25, 0.3) is 10.9 Å². The number of hydrogen-bond acceptors (Lipinski definition) is 5. The number of carbonyl (C=O) groups is 1. The summed E-state index contributed by atoms with van der Waals surface area (Å²) in [5.41, 5.74) is 2.30. The second-order valence-corrected chi connectivity index (χ2v) is 5.53. The molecule has 0 radical (unpaired) electrons. The van der Waals surface area contributed by atoms with Gasteiger partial charge in [-0.1, -0.05) is 0 Å². The van der Waals surface area contributed by atoms with Crippen molar-refractivity contribution >= 4 is 16.8 Å². The summed E-state index contributed by atoms with van der Waals surface area (Å²) in [4.78, 5) is 20.7. The summed E-state index contributed by atoms with van der Waals surface area (Å²) in [5, 5.41) is 3.75. The van der Waals surface area contributed by atoms with Crippen LogP contribution >= 0.6 is 0 Å². The zero-order valence-electron chi connectivity index (χ0n) is 14.4. The van der Waals surface area contributed by atoms with Crippen LogP contribution < -0.4 is 14.8 Å². The standard InChI is InChI=1S/C18H20N4O3/c1-22-14-4-5-16(24-2)17(25-3)13(14)10-15(22)18(23)21-7-6-12-11-19-8-9-20-12/h4-5,8-11H,6-7H2,1-3H3,(H,21,23). The fraction of sp³-hybridized carbons (Fsp3) is 0.278. The van der Waals surface area contributed by atoms with Crippen LogP contribution in [0.5, 0.6) is 11.5 Å². The number of rotatable bonds is 6. The molecular weight excluding hydrogens is 320 g/mol. The lowest BCUT2D eigenvalue weighted by molar-refractivity contribution is 0.0946. The van der Waals surface area contributed by atoms with Gasteiger partial charge in [-0.25, -0.2) is 0 Å². The predicted octanol–water partition coefficient (Wildman–Crippen LogP) is 1.96. The van der Waals surface area contributed by atoms with Gasteiger partial charge in [0.15, 0.2) is 11.5 Å². The minimum Gasteiger partial charge on any atom is -0.493 e. The van der Waals surface area contributed by atoms with Gasteiger partial charge in [0.05, 0.1) is 25.4 Å². The van der Waals surface area contributed by atoms with Gasteiger partial charge in [0, 0.05) is 44.0 Å². The summed E-state index contributed by atoms with van der Waals surface area (Å²) in [7, 11) is 5.03. The SMILES string of the molecule is COc1ccc2c(cc(C(=O)NCCc3cnccn3)n2C)c1OC. The summed E-state index contributed by atoms with van der Waals surface area (Å²) in [6, 6.07) is 5.55. The quantitative estimate of drug-likeness (QED) is 0.742. The van der Waals surface area contributed by atoms with Gasteiger partial charge in [-0.15, -0.1) is 0 Å². The summed E-state index contributed by atoms with van der Waals surface area (Å²) in [5.74, 6) is 1.10. The second-order valence-electron chi connectivity index (χ2n) is 5.53. The first-order valence-electron chi connectivity index (χ1n) is 7.89. The number of aryl methyl sites for hydroxylation is 1. The minimum atomic E-state index is -0.149. The molecule has 25 heavy (non-hydrogen) atoms. The lowest BCUT2D eigenvalue weighted by Crippen LogP contribution is -2.27. The monoisotopic (exact) mass is 340 g/mol. The van der Waals surface area contributed by atoms with E-state index in [2.05, 4.69) is 15.3 Å². The number of nitrogens with one attached hydrogen (secondary N) is 1. The molecule has 0 fully saturated rings. The van der Waals surface area contributed by atoms with Crippen LogP contribution in [-0.2, 0) is 13.5 Å². The molecule has 0 saturated carbocycles. The smallest absolute Gasteiger partial charge is 0.267 e. The van der Waals surface area contributed by atoms with Crippen molar-refractivity contribution < 1.29 is 14.3 Å². The van der Waals surface area contributed by atoms with Crippen molar-refractivity contribution in [1.29, 1.82) is 0 Å². The molecule has 0 spiro atoms. The molecule has 0 aliphatic rings. The van der Waals surface area contributed by atoms with Crippen LogP contribution in [-0.4, -0.2) is 41.2 Å². The Morgan fingerprint density at radius 3 is 2.76 bits per heavy atom. The van der Waals surface area contributed by atoms with Crippen LogP contribution in [0, 0.1) is 0 Å². The maximum Gasteiger partial charge on any atom is 0.267 e. The molecule has 0 aliphatic heterocycles. The van der Waals surface area contributed by atoms with E-state index in [1.165, 1.54) is 0 Å². The van der Waals surface area contributed by atoms with Gasteiger partial charge in [0.1, 0.15) is 5.69 Å². The maximum absolute atomic E-state index is 12.5. The zero-order valence-corrected chi connectivity index (χ0v) is 14.4. The van der Waals surface area contributed by atoms with Crippen LogP contribution in [0.2, 0.25) is 0 Å². The number of fused-ring (bicyclic) bond motifs is 1. The van der Waals surface area contributed by atoms with Crippen LogP contribution in [0.3, 0.4) is 0 Å². The van der Waals surface area contributed by atoms with Crippen molar-refractivity contribution in [1.82, 2.24) is 19.9 Å². The predicted molar refractivity (Wildman–Crippen MR) is 94.1 cm³/mol. The third kappa shape index (κ3) is 3.26. The molecule has 3 aromatic rings. The topological polar surface area (TPSA) is 78.3 Å². The third-order valence-corrected chi connectivity index (χ3v) is 4.08. The first-order chi connectivity index (χ1) is 12.2. The van der Waals surface area contributed by atoms with E-state index in [0.29, 0.717) is 30.2 Å². The summed E-state index contributed by atoms with van der Waals surface area (Å²) in [6.07, 6.45) is 5.58. The van der Waals surface area contributed by atoms with Gasteiger partial charge in [0.2, 0.25) is 0 Å². The molecular formula is C18H20N4O3. The van der Waals surface area contributed by atoms with Crippen molar-refractivity contribution in [3.05, 3.63) is 48.2 Å². The van der Waals surface area contributed by atoms with Crippen molar-refractivity contribution in [2.75, 3.05) is 20.8 Å². The van der Waals surface area contributed by atoms with E-state index in [9.17, 15) is 4.79 Å². The zero-order chi connectivity index (χ0) is 17.8. The van der Waals surface area contributed by atoms with Crippen LogP contribution in [0.4, 0.5) is 0 Å². The number of aromatic nitrogens is 3. The Labute approximate surface area is 145 Å². The summed E-state index contributed by atoms with van der Waals surface area (Å²) >= 11 is 0. The number of carbonyl (C=O) groups excluding carboxylic acids is 1. The highest BCUT2D eigenvalue weighted by Crippen LogP contribution is 2.36. The van der Waals surface area contributed by atoms with Gasteiger partial charge >= 0.3 is 0 Å². The van der Waals surface area contributed by atoms with Crippen molar-refractivity contribution in [3.63, 3.8) is 0 Å². The van der Waals surface area contributed by atoms with Crippen molar-refractivity contribution in [2.45, 2.75) is 6.42 Å². The van der Waals surface area contributed by atoms with Crippen LogP contribution in [0.1, 0.15) is 16.2 Å². The minimum absolute atomic E-state index is 0.149. The number of nitrogens with zero attached hydrogens (tertiary/aromatic N) is 3. The fourth-order valence-electron chi connectivity index (χ4n) is 2.81. The molecule has 3 rings (SSSR count). The molecule has 7 heteroatoms. The number of benzene rings is 1. The van der Waals surface area contributed by atoms with Crippen molar-refractivity contribution in [3.8, 4) is 11.5 Å².